The van der Waals surface area contributed by atoms with Crippen LogP contribution in [-0.2, 0) is 4.79 Å². The van der Waals surface area contributed by atoms with E-state index in [0.29, 0.717) is 5.78 Å². The largest absolute Gasteiger partial charge is 0.305 e. The average Bonchev–Trinajstić information content (AvgIpc) is 2.78. The van der Waals surface area contributed by atoms with Crippen LogP contribution in [0.2, 0.25) is 0 Å². The van der Waals surface area contributed by atoms with Gasteiger partial charge in [-0.05, 0) is 57.1 Å². The summed E-state index contributed by atoms with van der Waals surface area (Å²) < 4.78 is 0. The Morgan fingerprint density at radius 2 is 2.11 bits per heavy atom. The highest BCUT2D eigenvalue weighted by molar-refractivity contribution is 6.02. The number of ketones is 1. The molecule has 0 amide bonds. The van der Waals surface area contributed by atoms with E-state index < -0.39 is 0 Å². The van der Waals surface area contributed by atoms with Gasteiger partial charge >= 0.3 is 0 Å². The molecule has 1 unspecified atom stereocenters. The van der Waals surface area contributed by atoms with Crippen LogP contribution in [-0.4, -0.2) is 17.9 Å². The van der Waals surface area contributed by atoms with E-state index in [1.807, 2.05) is 0 Å². The normalized spacial score (nSPS) is 29.5. The lowest BCUT2D eigenvalue weighted by molar-refractivity contribution is -0.121. The molecule has 0 bridgehead atoms. The van der Waals surface area contributed by atoms with Gasteiger partial charge in [0.15, 0.2) is 5.78 Å². The number of Topliss-reactive ketones (excluding diaryl/α,β-unsaturated/α-hetero) is 1. The molecule has 1 atom stereocenters. The smallest absolute Gasteiger partial charge is 0.178 e. The van der Waals surface area contributed by atoms with Crippen LogP contribution in [0.3, 0.4) is 0 Å². The lowest BCUT2D eigenvalue weighted by Crippen LogP contribution is -2.48. The number of carbonyl (C=O) groups is 1. The van der Waals surface area contributed by atoms with Gasteiger partial charge < -0.3 is 5.32 Å². The molecule has 1 aliphatic heterocycles. The zero-order valence-corrected chi connectivity index (χ0v) is 11.8. The first-order chi connectivity index (χ1) is 8.78. The van der Waals surface area contributed by atoms with Gasteiger partial charge in [-0.2, -0.15) is 0 Å². The molecule has 1 N–H and O–H groups in total. The molecule has 1 aliphatic carbocycles. The van der Waals surface area contributed by atoms with Crippen LogP contribution in [0.4, 0.5) is 0 Å². The second kappa shape index (κ2) is 6.51. The van der Waals surface area contributed by atoms with E-state index in [0.717, 1.165) is 50.6 Å². The summed E-state index contributed by atoms with van der Waals surface area (Å²) in [6.45, 7) is 3.20. The highest BCUT2D eigenvalue weighted by Crippen LogP contribution is 2.31. The Bertz CT molecular complexity index is 313. The maximum atomic E-state index is 12.8. The molecule has 1 fully saturated rings. The van der Waals surface area contributed by atoms with Crippen LogP contribution in [0.15, 0.2) is 11.6 Å². The summed E-state index contributed by atoms with van der Waals surface area (Å²) in [7, 11) is 0. The van der Waals surface area contributed by atoms with E-state index in [9.17, 15) is 4.79 Å². The van der Waals surface area contributed by atoms with Gasteiger partial charge in [-0.25, -0.2) is 0 Å². The molecule has 0 aromatic heterocycles. The second-order valence-corrected chi connectivity index (χ2v) is 5.87. The van der Waals surface area contributed by atoms with Crippen molar-refractivity contribution in [3.8, 4) is 0 Å². The van der Waals surface area contributed by atoms with E-state index in [1.54, 1.807) is 0 Å². The first kappa shape index (κ1) is 13.8. The van der Waals surface area contributed by atoms with Crippen LogP contribution in [0.5, 0.6) is 0 Å². The fourth-order valence-corrected chi connectivity index (χ4v) is 3.46. The summed E-state index contributed by atoms with van der Waals surface area (Å²) in [5.41, 5.74) is 0.914. The van der Waals surface area contributed by atoms with Crippen molar-refractivity contribution >= 4 is 5.78 Å². The summed E-state index contributed by atoms with van der Waals surface area (Å²) in [6, 6.07) is 0. The third-order valence-corrected chi connectivity index (χ3v) is 4.44. The molecule has 1 saturated heterocycles. The summed E-state index contributed by atoms with van der Waals surface area (Å²) in [5.74, 6) is 0.420. The van der Waals surface area contributed by atoms with Crippen LogP contribution < -0.4 is 5.32 Å². The summed E-state index contributed by atoms with van der Waals surface area (Å²) in [6.07, 6.45) is 13.7. The first-order valence-corrected chi connectivity index (χ1v) is 7.77. The molecule has 0 spiro atoms. The highest BCUT2D eigenvalue weighted by Gasteiger charge is 2.40. The van der Waals surface area contributed by atoms with E-state index in [-0.39, 0.29) is 5.54 Å². The van der Waals surface area contributed by atoms with Gasteiger partial charge in [0.25, 0.3) is 0 Å². The van der Waals surface area contributed by atoms with Crippen molar-refractivity contribution in [2.24, 2.45) is 0 Å². The van der Waals surface area contributed by atoms with Crippen molar-refractivity contribution in [2.75, 3.05) is 6.54 Å². The van der Waals surface area contributed by atoms with Gasteiger partial charge in [0.1, 0.15) is 0 Å². The van der Waals surface area contributed by atoms with Gasteiger partial charge in [0.05, 0.1) is 5.54 Å². The number of rotatable bonds is 4. The van der Waals surface area contributed by atoms with Gasteiger partial charge in [0, 0.05) is 0 Å². The molecule has 2 aliphatic rings. The monoisotopic (exact) mass is 249 g/mol. The van der Waals surface area contributed by atoms with Crippen molar-refractivity contribution in [1.29, 1.82) is 0 Å². The second-order valence-electron chi connectivity index (χ2n) is 5.87. The highest BCUT2D eigenvalue weighted by atomic mass is 16.1. The van der Waals surface area contributed by atoms with E-state index in [2.05, 4.69) is 18.3 Å². The standard InChI is InChI=1S/C16H27NO/c1-2-11-16(12-8-13-17-16)15(18)14-9-6-4-3-5-7-10-14/h9,17H,2-8,10-13H2,1H3. The Hall–Kier alpha value is -0.630. The molecule has 0 aromatic rings. The van der Waals surface area contributed by atoms with E-state index in [4.69, 9.17) is 0 Å². The average molecular weight is 249 g/mol. The molecule has 18 heavy (non-hydrogen) atoms. The minimum atomic E-state index is -0.209. The van der Waals surface area contributed by atoms with Gasteiger partial charge in [-0.1, -0.05) is 32.3 Å². The molecule has 1 heterocycles. The molecular formula is C16H27NO. The fraction of sp³-hybridized carbons (Fsp3) is 0.812. The van der Waals surface area contributed by atoms with Crippen LogP contribution in [0.25, 0.3) is 0 Å². The predicted molar refractivity (Wildman–Crippen MR) is 75.7 cm³/mol. The zero-order valence-electron chi connectivity index (χ0n) is 11.8. The Morgan fingerprint density at radius 1 is 1.28 bits per heavy atom. The van der Waals surface area contributed by atoms with Crippen LogP contribution >= 0.6 is 0 Å². The maximum Gasteiger partial charge on any atom is 0.178 e. The van der Waals surface area contributed by atoms with Crippen molar-refractivity contribution < 1.29 is 4.79 Å². The Kier molecular flexibility index (Phi) is 4.99. The lowest BCUT2D eigenvalue weighted by Gasteiger charge is -2.29. The molecule has 2 nitrogen and oxygen atoms in total. The minimum Gasteiger partial charge on any atom is -0.305 e. The van der Waals surface area contributed by atoms with E-state index in [1.165, 1.54) is 25.7 Å². The minimum absolute atomic E-state index is 0.209. The number of nitrogens with one attached hydrogen (secondary N) is 1. The third-order valence-electron chi connectivity index (χ3n) is 4.44. The Morgan fingerprint density at radius 3 is 2.83 bits per heavy atom. The van der Waals surface area contributed by atoms with Crippen molar-refractivity contribution in [2.45, 2.75) is 76.7 Å². The summed E-state index contributed by atoms with van der Waals surface area (Å²) >= 11 is 0. The summed E-state index contributed by atoms with van der Waals surface area (Å²) in [5, 5.41) is 3.51. The molecule has 2 rings (SSSR count). The first-order valence-electron chi connectivity index (χ1n) is 7.77. The Labute approximate surface area is 111 Å². The van der Waals surface area contributed by atoms with Gasteiger partial charge in [0.2, 0.25) is 0 Å². The molecule has 0 radical (unpaired) electrons. The quantitative estimate of drug-likeness (QED) is 0.822. The lowest BCUT2D eigenvalue weighted by atomic mass is 9.81. The zero-order chi connectivity index (χ0) is 12.8. The SMILES string of the molecule is CCCC1(C(=O)C2=CCCCCCC2)CCCN1. The molecule has 0 aromatic carbocycles. The number of hydrogen-bond acceptors (Lipinski definition) is 2. The summed E-state index contributed by atoms with van der Waals surface area (Å²) in [4.78, 5) is 12.8. The number of hydrogen-bond donors (Lipinski definition) is 1. The molecule has 102 valence electrons. The third kappa shape index (κ3) is 3.03. The van der Waals surface area contributed by atoms with Gasteiger partial charge in [-0.3, -0.25) is 4.79 Å². The van der Waals surface area contributed by atoms with Crippen molar-refractivity contribution in [1.82, 2.24) is 5.32 Å². The molecule has 0 saturated carbocycles. The Balaban J connectivity index is 2.11. The maximum absolute atomic E-state index is 12.8. The van der Waals surface area contributed by atoms with Crippen LogP contribution in [0.1, 0.15) is 71.1 Å². The topological polar surface area (TPSA) is 29.1 Å². The van der Waals surface area contributed by atoms with Crippen molar-refractivity contribution in [3.63, 3.8) is 0 Å². The predicted octanol–water partition coefficient (Wildman–Crippen LogP) is 3.76. The molecular weight excluding hydrogens is 222 g/mol. The van der Waals surface area contributed by atoms with Gasteiger partial charge in [-0.15, -0.1) is 0 Å². The number of carbonyl (C=O) groups excluding carboxylic acids is 1. The van der Waals surface area contributed by atoms with Crippen molar-refractivity contribution in [3.05, 3.63) is 11.6 Å². The molecule has 2 heteroatoms. The van der Waals surface area contributed by atoms with E-state index >= 15 is 0 Å². The van der Waals surface area contributed by atoms with Crippen LogP contribution in [0, 0.1) is 0 Å². The number of allylic oxidation sites excluding steroid dienone is 1. The fourth-order valence-electron chi connectivity index (χ4n) is 3.46.